The van der Waals surface area contributed by atoms with Gasteiger partial charge in [-0.3, -0.25) is 0 Å². The van der Waals surface area contributed by atoms with Crippen LogP contribution >= 0.6 is 0 Å². The molecular weight excluding hydrogens is 542 g/mol. The topological polar surface area (TPSA) is 42.7 Å². The molecule has 0 saturated carbocycles. The second-order valence-electron chi connectivity index (χ2n) is 11.3. The van der Waals surface area contributed by atoms with Gasteiger partial charge in [0.25, 0.3) is 0 Å². The van der Waals surface area contributed by atoms with Crippen molar-refractivity contribution in [3.63, 3.8) is 0 Å². The zero-order valence-electron chi connectivity index (χ0n) is 23.5. The number of nitrogens with zero attached hydrogens (tertiary/aromatic N) is 1. The summed E-state index contributed by atoms with van der Waals surface area (Å²) in [5.41, 5.74) is 8.16. The molecule has 0 aliphatic rings. The number of hydrogen-bond donors (Lipinski definition) is 0. The highest BCUT2D eigenvalue weighted by molar-refractivity contribution is 6.20. The molecule has 44 heavy (non-hydrogen) atoms. The average Bonchev–Trinajstić information content (AvgIpc) is 3.75. The van der Waals surface area contributed by atoms with Gasteiger partial charge in [-0.2, -0.15) is 0 Å². The van der Waals surface area contributed by atoms with Gasteiger partial charge in [0.2, 0.25) is 0 Å². The van der Waals surface area contributed by atoms with Gasteiger partial charge < -0.3 is 18.2 Å². The molecule has 10 aromatic rings. The molecule has 0 atom stereocenters. The summed E-state index contributed by atoms with van der Waals surface area (Å²) in [5, 5.41) is 8.77. The van der Waals surface area contributed by atoms with Gasteiger partial charge in [-0.25, -0.2) is 0 Å². The van der Waals surface area contributed by atoms with Gasteiger partial charge in [0.1, 0.15) is 33.5 Å². The first-order valence-corrected chi connectivity index (χ1v) is 14.8. The van der Waals surface area contributed by atoms with E-state index in [0.717, 1.165) is 93.7 Å². The maximum atomic E-state index is 6.58. The number of benzene rings is 7. The van der Waals surface area contributed by atoms with Crippen LogP contribution in [-0.4, -0.2) is 0 Å². The van der Waals surface area contributed by atoms with Gasteiger partial charge in [0.15, 0.2) is 0 Å². The monoisotopic (exact) mass is 565 g/mol. The van der Waals surface area contributed by atoms with Crippen LogP contribution in [0.2, 0.25) is 0 Å². The van der Waals surface area contributed by atoms with Gasteiger partial charge in [-0.1, -0.05) is 72.8 Å². The molecule has 0 aliphatic heterocycles. The molecule has 0 N–H and O–H groups in total. The van der Waals surface area contributed by atoms with Crippen LogP contribution in [0.15, 0.2) is 153 Å². The molecule has 3 heterocycles. The van der Waals surface area contributed by atoms with E-state index in [1.54, 1.807) is 0 Å². The molecule has 10 rings (SSSR count). The number of rotatable bonds is 3. The molecule has 0 unspecified atom stereocenters. The molecule has 4 nitrogen and oxygen atoms in total. The molecule has 0 spiro atoms. The van der Waals surface area contributed by atoms with E-state index in [1.165, 1.54) is 0 Å². The van der Waals surface area contributed by atoms with Crippen LogP contribution in [0.4, 0.5) is 17.1 Å². The zero-order valence-corrected chi connectivity index (χ0v) is 23.5. The lowest BCUT2D eigenvalue weighted by atomic mass is 10.0. The maximum Gasteiger partial charge on any atom is 0.145 e. The first kappa shape index (κ1) is 23.6. The fraction of sp³-hybridized carbons (Fsp3) is 0. The van der Waals surface area contributed by atoms with Crippen LogP contribution in [0.25, 0.3) is 76.6 Å². The molecule has 0 radical (unpaired) electrons. The SMILES string of the molecule is c1cc(N(c2ccc3c(c2)oc2ccccc23)c2ccc3c(c2)oc2ccccc23)c2c(c1)ccc1c3ccccc3oc12. The van der Waals surface area contributed by atoms with Crippen molar-refractivity contribution in [3.8, 4) is 0 Å². The van der Waals surface area contributed by atoms with Crippen LogP contribution in [-0.2, 0) is 0 Å². The Labute approximate surface area is 250 Å². The molecule has 7 aromatic carbocycles. The predicted octanol–water partition coefficient (Wildman–Crippen LogP) is 12.0. The molecule has 206 valence electrons. The third-order valence-corrected chi connectivity index (χ3v) is 8.85. The minimum atomic E-state index is 0.840. The van der Waals surface area contributed by atoms with E-state index in [0.29, 0.717) is 0 Å². The van der Waals surface area contributed by atoms with Crippen molar-refractivity contribution in [1.29, 1.82) is 0 Å². The van der Waals surface area contributed by atoms with Crippen molar-refractivity contribution in [2.24, 2.45) is 0 Å². The Balaban J connectivity index is 1.29. The van der Waals surface area contributed by atoms with Gasteiger partial charge >= 0.3 is 0 Å². The van der Waals surface area contributed by atoms with E-state index in [9.17, 15) is 0 Å². The summed E-state index contributed by atoms with van der Waals surface area (Å²) >= 11 is 0. The number of furan rings is 3. The van der Waals surface area contributed by atoms with E-state index >= 15 is 0 Å². The van der Waals surface area contributed by atoms with Crippen LogP contribution in [0, 0.1) is 0 Å². The number of anilines is 3. The summed E-state index contributed by atoms with van der Waals surface area (Å²) < 4.78 is 19.3. The molecule has 4 heteroatoms. The van der Waals surface area contributed by atoms with Crippen molar-refractivity contribution in [2.75, 3.05) is 4.90 Å². The van der Waals surface area contributed by atoms with Crippen molar-refractivity contribution >= 4 is 93.7 Å². The van der Waals surface area contributed by atoms with Crippen molar-refractivity contribution in [3.05, 3.63) is 140 Å². The third kappa shape index (κ3) is 3.28. The Bertz CT molecular complexity index is 2630. The quantitative estimate of drug-likeness (QED) is 0.214. The van der Waals surface area contributed by atoms with E-state index < -0.39 is 0 Å². The highest BCUT2D eigenvalue weighted by Crippen LogP contribution is 2.45. The fourth-order valence-corrected chi connectivity index (χ4v) is 6.85. The molecular formula is C40H23NO3. The van der Waals surface area contributed by atoms with Gasteiger partial charge in [-0.05, 0) is 60.0 Å². The highest BCUT2D eigenvalue weighted by atomic mass is 16.3. The summed E-state index contributed by atoms with van der Waals surface area (Å²) in [6.07, 6.45) is 0. The molecule has 0 aliphatic carbocycles. The van der Waals surface area contributed by atoms with Crippen LogP contribution in [0.1, 0.15) is 0 Å². The second kappa shape index (κ2) is 8.76. The average molecular weight is 566 g/mol. The van der Waals surface area contributed by atoms with Crippen LogP contribution < -0.4 is 4.90 Å². The maximum absolute atomic E-state index is 6.58. The zero-order chi connectivity index (χ0) is 28.8. The van der Waals surface area contributed by atoms with Crippen LogP contribution in [0.5, 0.6) is 0 Å². The Morgan fingerprint density at radius 1 is 0.364 bits per heavy atom. The lowest BCUT2D eigenvalue weighted by Crippen LogP contribution is -2.10. The van der Waals surface area contributed by atoms with Crippen molar-refractivity contribution in [2.45, 2.75) is 0 Å². The van der Waals surface area contributed by atoms with Crippen molar-refractivity contribution in [1.82, 2.24) is 0 Å². The van der Waals surface area contributed by atoms with Gasteiger partial charge in [-0.15, -0.1) is 0 Å². The minimum absolute atomic E-state index is 0.840. The molecule has 0 fully saturated rings. The predicted molar refractivity (Wildman–Crippen MR) is 180 cm³/mol. The number of para-hydroxylation sites is 3. The molecule has 3 aromatic heterocycles. The van der Waals surface area contributed by atoms with E-state index in [4.69, 9.17) is 13.3 Å². The summed E-state index contributed by atoms with van der Waals surface area (Å²) in [7, 11) is 0. The molecule has 0 saturated heterocycles. The first-order valence-electron chi connectivity index (χ1n) is 14.8. The summed E-state index contributed by atoms with van der Waals surface area (Å²) in [5.74, 6) is 0. The summed E-state index contributed by atoms with van der Waals surface area (Å²) in [6, 6.07) is 48.3. The highest BCUT2D eigenvalue weighted by Gasteiger charge is 2.22. The summed E-state index contributed by atoms with van der Waals surface area (Å²) in [4.78, 5) is 2.29. The lowest BCUT2D eigenvalue weighted by Gasteiger charge is -2.26. The van der Waals surface area contributed by atoms with E-state index in [2.05, 4.69) is 108 Å². The van der Waals surface area contributed by atoms with Gasteiger partial charge in [0, 0.05) is 61.2 Å². The van der Waals surface area contributed by atoms with Crippen molar-refractivity contribution < 1.29 is 13.3 Å². The van der Waals surface area contributed by atoms with Crippen LogP contribution in [0.3, 0.4) is 0 Å². The van der Waals surface area contributed by atoms with E-state index in [1.807, 2.05) is 36.4 Å². The van der Waals surface area contributed by atoms with Gasteiger partial charge in [0.05, 0.1) is 5.69 Å². The normalized spacial score (nSPS) is 12.1. The Morgan fingerprint density at radius 3 is 1.48 bits per heavy atom. The Morgan fingerprint density at radius 2 is 0.864 bits per heavy atom. The largest absolute Gasteiger partial charge is 0.456 e. The van der Waals surface area contributed by atoms with E-state index in [-0.39, 0.29) is 0 Å². The Hall–Kier alpha value is -6.00. The number of fused-ring (bicyclic) bond motifs is 11. The smallest absolute Gasteiger partial charge is 0.145 e. The Kier molecular flexibility index (Phi) is 4.69. The lowest BCUT2D eigenvalue weighted by molar-refractivity contribution is 0.669. The third-order valence-electron chi connectivity index (χ3n) is 8.85. The molecule has 0 bridgehead atoms. The fourth-order valence-electron chi connectivity index (χ4n) is 6.85. The number of hydrogen-bond acceptors (Lipinski definition) is 4. The standard InChI is InChI=1S/C40H23NO3/c1-4-13-34-27(9-1)30-20-17-25(22-37(30)42-34)41(26-18-21-31-28-10-2-5-14-35(28)43-38(31)23-26)33-12-7-8-24-16-19-32-29-11-3-6-15-36(29)44-40(32)39(24)33/h1-23H. The molecule has 0 amide bonds. The first-order chi connectivity index (χ1) is 21.8. The summed E-state index contributed by atoms with van der Waals surface area (Å²) in [6.45, 7) is 0. The minimum Gasteiger partial charge on any atom is -0.456 e. The second-order valence-corrected chi connectivity index (χ2v) is 11.3.